The molecule has 0 atom stereocenters. The largest absolute Gasteiger partial charge is 0.263 e. The van der Waals surface area contributed by atoms with E-state index in [9.17, 15) is 8.78 Å². The summed E-state index contributed by atoms with van der Waals surface area (Å²) >= 11 is 9.51. The van der Waals surface area contributed by atoms with Crippen molar-refractivity contribution in [2.24, 2.45) is 5.92 Å². The van der Waals surface area contributed by atoms with Crippen LogP contribution in [0.25, 0.3) is 11.4 Å². The van der Waals surface area contributed by atoms with Crippen LogP contribution in [0.1, 0.15) is 31.5 Å². The van der Waals surface area contributed by atoms with Crippen molar-refractivity contribution >= 4 is 27.5 Å². The topological polar surface area (TPSA) is 25.8 Å². The highest BCUT2D eigenvalue weighted by Gasteiger charge is 2.14. The average Bonchev–Trinajstić information content (AvgIpc) is 2.43. The molecule has 0 radical (unpaired) electrons. The van der Waals surface area contributed by atoms with Crippen LogP contribution in [0.4, 0.5) is 8.78 Å². The summed E-state index contributed by atoms with van der Waals surface area (Å²) in [5.41, 5.74) is 1.46. The number of nitrogens with zero attached hydrogens (tertiary/aromatic N) is 2. The Hall–Kier alpha value is -1.07. The van der Waals surface area contributed by atoms with Crippen molar-refractivity contribution in [1.29, 1.82) is 0 Å². The molecule has 0 N–H and O–H groups in total. The maximum absolute atomic E-state index is 12.6. The van der Waals surface area contributed by atoms with E-state index in [2.05, 4.69) is 39.7 Å². The first-order valence-electron chi connectivity index (χ1n) is 6.49. The highest BCUT2D eigenvalue weighted by molar-refractivity contribution is 9.10. The van der Waals surface area contributed by atoms with E-state index in [1.54, 1.807) is 12.1 Å². The number of hydrogen-bond acceptors (Lipinski definition) is 2. The number of benzene rings is 1. The molecule has 2 nitrogen and oxygen atoms in total. The molecule has 21 heavy (non-hydrogen) atoms. The van der Waals surface area contributed by atoms with Crippen LogP contribution < -0.4 is 0 Å². The van der Waals surface area contributed by atoms with Gasteiger partial charge in [0.1, 0.15) is 5.15 Å². The van der Waals surface area contributed by atoms with E-state index in [1.807, 2.05) is 0 Å². The summed E-state index contributed by atoms with van der Waals surface area (Å²) in [6, 6.07) is 5.92. The number of hydrogen-bond donors (Lipinski definition) is 0. The highest BCUT2D eigenvalue weighted by Crippen LogP contribution is 2.29. The third-order valence-corrected chi connectivity index (χ3v) is 4.24. The molecule has 0 bridgehead atoms. The van der Waals surface area contributed by atoms with Crippen molar-refractivity contribution in [1.82, 2.24) is 9.97 Å². The van der Waals surface area contributed by atoms with Gasteiger partial charge in [-0.15, -0.1) is 0 Å². The van der Waals surface area contributed by atoms with E-state index in [-0.39, 0.29) is 5.56 Å². The number of alkyl halides is 2. The van der Waals surface area contributed by atoms with Gasteiger partial charge in [-0.05, 0) is 28.3 Å². The molecule has 1 aromatic carbocycles. The molecule has 0 spiro atoms. The van der Waals surface area contributed by atoms with Crippen LogP contribution in [0.2, 0.25) is 5.15 Å². The fourth-order valence-corrected chi connectivity index (χ4v) is 2.42. The van der Waals surface area contributed by atoms with Gasteiger partial charge in [-0.2, -0.15) is 0 Å². The van der Waals surface area contributed by atoms with E-state index in [0.29, 0.717) is 26.9 Å². The lowest BCUT2D eigenvalue weighted by Crippen LogP contribution is -2.02. The summed E-state index contributed by atoms with van der Waals surface area (Å²) in [6.45, 7) is 4.17. The molecule has 1 heterocycles. The zero-order chi connectivity index (χ0) is 15.6. The Morgan fingerprint density at radius 2 is 1.76 bits per heavy atom. The molecule has 0 aliphatic heterocycles. The van der Waals surface area contributed by atoms with Gasteiger partial charge in [0.25, 0.3) is 6.43 Å². The van der Waals surface area contributed by atoms with Crippen molar-refractivity contribution in [2.75, 3.05) is 0 Å². The summed E-state index contributed by atoms with van der Waals surface area (Å²) < 4.78 is 25.8. The lowest BCUT2D eigenvalue weighted by molar-refractivity contribution is 0.151. The van der Waals surface area contributed by atoms with Gasteiger partial charge in [0, 0.05) is 11.1 Å². The summed E-state index contributed by atoms with van der Waals surface area (Å²) in [7, 11) is 0. The normalized spacial score (nSPS) is 11.4. The minimum atomic E-state index is -2.48. The van der Waals surface area contributed by atoms with Crippen LogP contribution in [-0.4, -0.2) is 9.97 Å². The molecule has 1 aromatic heterocycles. The fourth-order valence-electron chi connectivity index (χ4n) is 1.89. The summed E-state index contributed by atoms with van der Waals surface area (Å²) in [5.74, 6) is 0.862. The van der Waals surface area contributed by atoms with Gasteiger partial charge in [0.05, 0.1) is 10.2 Å². The van der Waals surface area contributed by atoms with Gasteiger partial charge in [-0.25, -0.2) is 18.7 Å². The van der Waals surface area contributed by atoms with Gasteiger partial charge < -0.3 is 0 Å². The molecular formula is C15H14BrClF2N2. The number of halogens is 4. The lowest BCUT2D eigenvalue weighted by atomic mass is 10.1. The Balaban J connectivity index is 2.41. The SMILES string of the molecule is CC(C)Cc1nc(-c2ccc(C(F)F)cc2)nc(Cl)c1Br. The van der Waals surface area contributed by atoms with Gasteiger partial charge in [-0.3, -0.25) is 0 Å². The molecule has 0 aliphatic rings. The third kappa shape index (κ3) is 3.98. The predicted molar refractivity (Wildman–Crippen MR) is 83.7 cm³/mol. The van der Waals surface area contributed by atoms with Gasteiger partial charge >= 0.3 is 0 Å². The van der Waals surface area contributed by atoms with Crippen LogP contribution in [0.15, 0.2) is 28.7 Å². The molecule has 0 amide bonds. The second-order valence-electron chi connectivity index (χ2n) is 5.12. The van der Waals surface area contributed by atoms with Crippen molar-refractivity contribution in [2.45, 2.75) is 26.7 Å². The standard InChI is InChI=1S/C15H14BrClF2N2/c1-8(2)7-11-12(16)13(17)21-15(20-11)10-5-3-9(4-6-10)14(18)19/h3-6,8,14H,7H2,1-2H3. The molecule has 112 valence electrons. The maximum atomic E-state index is 12.6. The number of rotatable bonds is 4. The van der Waals surface area contributed by atoms with E-state index in [4.69, 9.17) is 11.6 Å². The number of aromatic nitrogens is 2. The van der Waals surface area contributed by atoms with Gasteiger partial charge in [0.15, 0.2) is 5.82 Å². The van der Waals surface area contributed by atoms with Gasteiger partial charge in [-0.1, -0.05) is 49.7 Å². The van der Waals surface area contributed by atoms with Crippen LogP contribution in [0, 0.1) is 5.92 Å². The highest BCUT2D eigenvalue weighted by atomic mass is 79.9. The van der Waals surface area contributed by atoms with Crippen molar-refractivity contribution in [3.8, 4) is 11.4 Å². The molecular weight excluding hydrogens is 362 g/mol. The first kappa shape index (κ1) is 16.3. The monoisotopic (exact) mass is 374 g/mol. The van der Waals surface area contributed by atoms with Crippen LogP contribution in [-0.2, 0) is 6.42 Å². The zero-order valence-corrected chi connectivity index (χ0v) is 13.9. The average molecular weight is 376 g/mol. The molecule has 2 rings (SSSR count). The minimum absolute atomic E-state index is 0.0237. The second kappa shape index (κ2) is 6.79. The molecule has 0 fully saturated rings. The Bertz CT molecular complexity index is 630. The first-order chi connectivity index (χ1) is 9.88. The Kier molecular flexibility index (Phi) is 5.27. The molecule has 0 aliphatic carbocycles. The lowest BCUT2D eigenvalue weighted by Gasteiger charge is -2.10. The van der Waals surface area contributed by atoms with Crippen LogP contribution >= 0.6 is 27.5 Å². The fraction of sp³-hybridized carbons (Fsp3) is 0.333. The Labute approximate surface area is 135 Å². The van der Waals surface area contributed by atoms with Gasteiger partial charge in [0.2, 0.25) is 0 Å². The Morgan fingerprint density at radius 3 is 2.29 bits per heavy atom. The van der Waals surface area contributed by atoms with E-state index < -0.39 is 6.43 Å². The molecule has 6 heteroatoms. The van der Waals surface area contributed by atoms with Crippen molar-refractivity contribution in [3.05, 3.63) is 45.1 Å². The van der Waals surface area contributed by atoms with E-state index in [1.165, 1.54) is 12.1 Å². The van der Waals surface area contributed by atoms with Crippen molar-refractivity contribution in [3.63, 3.8) is 0 Å². The molecule has 0 unspecified atom stereocenters. The molecule has 0 saturated carbocycles. The molecule has 2 aromatic rings. The summed E-state index contributed by atoms with van der Waals surface area (Å²) in [4.78, 5) is 8.69. The maximum Gasteiger partial charge on any atom is 0.263 e. The summed E-state index contributed by atoms with van der Waals surface area (Å²) in [5, 5.41) is 0.327. The smallest absolute Gasteiger partial charge is 0.232 e. The third-order valence-electron chi connectivity index (χ3n) is 2.90. The minimum Gasteiger partial charge on any atom is -0.232 e. The second-order valence-corrected chi connectivity index (χ2v) is 6.27. The van der Waals surface area contributed by atoms with E-state index in [0.717, 1.165) is 12.1 Å². The van der Waals surface area contributed by atoms with Crippen molar-refractivity contribution < 1.29 is 8.78 Å². The molecule has 0 saturated heterocycles. The van der Waals surface area contributed by atoms with Crippen LogP contribution in [0.3, 0.4) is 0 Å². The Morgan fingerprint density at radius 1 is 1.14 bits per heavy atom. The predicted octanol–water partition coefficient (Wildman–Crippen LogP) is 5.70. The zero-order valence-electron chi connectivity index (χ0n) is 11.6. The summed E-state index contributed by atoms with van der Waals surface area (Å²) in [6.07, 6.45) is -1.73. The van der Waals surface area contributed by atoms with Crippen LogP contribution in [0.5, 0.6) is 0 Å². The quantitative estimate of drug-likeness (QED) is 0.641. The van der Waals surface area contributed by atoms with E-state index >= 15 is 0 Å². The first-order valence-corrected chi connectivity index (χ1v) is 7.66.